The van der Waals surface area contributed by atoms with Crippen LogP contribution in [0.3, 0.4) is 0 Å². The summed E-state index contributed by atoms with van der Waals surface area (Å²) in [5, 5.41) is 2.97. The molecule has 22 heavy (non-hydrogen) atoms. The van der Waals surface area contributed by atoms with Crippen LogP contribution >= 0.6 is 0 Å². The first-order valence-electron chi connectivity index (χ1n) is 7.68. The van der Waals surface area contributed by atoms with E-state index in [1.807, 2.05) is 24.3 Å². The topological polar surface area (TPSA) is 82.8 Å². The lowest BCUT2D eigenvalue weighted by molar-refractivity contribution is -0.136. The number of carbonyl (C=O) groups is 1. The van der Waals surface area contributed by atoms with Crippen molar-refractivity contribution in [3.05, 3.63) is 24.3 Å². The van der Waals surface area contributed by atoms with E-state index in [0.29, 0.717) is 51.5 Å². The zero-order chi connectivity index (χ0) is 15.4. The average Bonchev–Trinajstić information content (AvgIpc) is 2.60. The number of benzene rings is 1. The molecule has 0 radical (unpaired) electrons. The van der Waals surface area contributed by atoms with Gasteiger partial charge in [0.05, 0.1) is 12.0 Å². The van der Waals surface area contributed by atoms with Gasteiger partial charge in [-0.05, 0) is 25.0 Å². The van der Waals surface area contributed by atoms with Gasteiger partial charge < -0.3 is 25.3 Å². The van der Waals surface area contributed by atoms with E-state index in [9.17, 15) is 4.79 Å². The van der Waals surface area contributed by atoms with Crippen LogP contribution in [0.4, 0.5) is 0 Å². The molecule has 2 aliphatic rings. The number of hydrogen-bond donors (Lipinski definition) is 2. The fourth-order valence-electron chi connectivity index (χ4n) is 2.84. The minimum atomic E-state index is -0.508. The van der Waals surface area contributed by atoms with E-state index in [-0.39, 0.29) is 12.0 Å². The molecule has 2 heterocycles. The van der Waals surface area contributed by atoms with Gasteiger partial charge in [0.15, 0.2) is 11.5 Å². The van der Waals surface area contributed by atoms with Crippen molar-refractivity contribution in [2.75, 3.05) is 32.9 Å². The van der Waals surface area contributed by atoms with E-state index in [1.165, 1.54) is 0 Å². The molecule has 0 bridgehead atoms. The molecular formula is C16H22N2O4. The van der Waals surface area contributed by atoms with Crippen molar-refractivity contribution in [2.45, 2.75) is 18.9 Å². The van der Waals surface area contributed by atoms with Gasteiger partial charge in [0.2, 0.25) is 5.91 Å². The molecule has 0 saturated carbocycles. The number of fused-ring (bicyclic) bond motifs is 1. The maximum atomic E-state index is 12.5. The van der Waals surface area contributed by atoms with Crippen molar-refractivity contribution in [3.63, 3.8) is 0 Å². The molecule has 1 unspecified atom stereocenters. The summed E-state index contributed by atoms with van der Waals surface area (Å²) in [5.74, 6) is 1.45. The van der Waals surface area contributed by atoms with Gasteiger partial charge in [-0.25, -0.2) is 0 Å². The molecule has 3 rings (SSSR count). The molecule has 0 spiro atoms. The van der Waals surface area contributed by atoms with Crippen molar-refractivity contribution in [1.29, 1.82) is 0 Å². The number of hydrogen-bond acceptors (Lipinski definition) is 5. The standard InChI is InChI=1S/C16H22N2O4/c17-11-16(5-7-20-8-6-16)15(19)18-9-12-10-21-13-3-1-2-4-14(13)22-12/h1-4,12H,5-11,17H2,(H,18,19). The van der Waals surface area contributed by atoms with Crippen LogP contribution in [0.15, 0.2) is 24.3 Å². The maximum absolute atomic E-state index is 12.5. The number of nitrogens with one attached hydrogen (secondary N) is 1. The summed E-state index contributed by atoms with van der Waals surface area (Å²) in [7, 11) is 0. The summed E-state index contributed by atoms with van der Waals surface area (Å²) < 4.78 is 16.8. The normalized spacial score (nSPS) is 22.9. The first kappa shape index (κ1) is 15.1. The minimum Gasteiger partial charge on any atom is -0.486 e. The monoisotopic (exact) mass is 306 g/mol. The summed E-state index contributed by atoms with van der Waals surface area (Å²) in [4.78, 5) is 12.5. The van der Waals surface area contributed by atoms with Crippen LogP contribution in [-0.2, 0) is 9.53 Å². The van der Waals surface area contributed by atoms with E-state index >= 15 is 0 Å². The molecule has 1 saturated heterocycles. The van der Waals surface area contributed by atoms with Gasteiger partial charge in [0.1, 0.15) is 12.7 Å². The summed E-state index contributed by atoms with van der Waals surface area (Å²) in [6.07, 6.45) is 1.15. The number of rotatable bonds is 4. The van der Waals surface area contributed by atoms with E-state index in [4.69, 9.17) is 19.9 Å². The highest BCUT2D eigenvalue weighted by Crippen LogP contribution is 2.31. The summed E-state index contributed by atoms with van der Waals surface area (Å²) in [6.45, 7) is 2.35. The predicted molar refractivity (Wildman–Crippen MR) is 80.9 cm³/mol. The molecular weight excluding hydrogens is 284 g/mol. The van der Waals surface area contributed by atoms with Crippen molar-refractivity contribution in [3.8, 4) is 11.5 Å². The van der Waals surface area contributed by atoms with E-state index in [0.717, 1.165) is 5.75 Å². The molecule has 0 aliphatic carbocycles. The van der Waals surface area contributed by atoms with E-state index in [2.05, 4.69) is 5.32 Å². The second kappa shape index (κ2) is 6.54. The number of carbonyl (C=O) groups excluding carboxylic acids is 1. The molecule has 6 heteroatoms. The van der Waals surface area contributed by atoms with Gasteiger partial charge in [-0.15, -0.1) is 0 Å². The zero-order valence-corrected chi connectivity index (χ0v) is 12.5. The zero-order valence-electron chi connectivity index (χ0n) is 12.5. The average molecular weight is 306 g/mol. The van der Waals surface area contributed by atoms with Crippen LogP contribution in [0.1, 0.15) is 12.8 Å². The Kier molecular flexibility index (Phi) is 4.49. The Balaban J connectivity index is 1.55. The highest BCUT2D eigenvalue weighted by Gasteiger charge is 2.39. The Labute approximate surface area is 129 Å². The van der Waals surface area contributed by atoms with Crippen LogP contribution in [0.2, 0.25) is 0 Å². The van der Waals surface area contributed by atoms with Gasteiger partial charge in [0, 0.05) is 19.8 Å². The van der Waals surface area contributed by atoms with Gasteiger partial charge in [-0.2, -0.15) is 0 Å². The molecule has 1 atom stereocenters. The molecule has 1 fully saturated rings. The van der Waals surface area contributed by atoms with Gasteiger partial charge in [-0.1, -0.05) is 12.1 Å². The lowest BCUT2D eigenvalue weighted by atomic mass is 9.79. The van der Waals surface area contributed by atoms with Gasteiger partial charge in [-0.3, -0.25) is 4.79 Å². The fourth-order valence-corrected chi connectivity index (χ4v) is 2.84. The lowest BCUT2D eigenvalue weighted by Crippen LogP contribution is -2.51. The Bertz CT molecular complexity index is 529. The Morgan fingerprint density at radius 3 is 2.73 bits per heavy atom. The number of nitrogens with two attached hydrogens (primary N) is 1. The van der Waals surface area contributed by atoms with Crippen LogP contribution in [0.5, 0.6) is 11.5 Å². The summed E-state index contributed by atoms with van der Waals surface area (Å²) in [5.41, 5.74) is 5.33. The van der Waals surface area contributed by atoms with E-state index in [1.54, 1.807) is 0 Å². The van der Waals surface area contributed by atoms with Crippen molar-refractivity contribution >= 4 is 5.91 Å². The molecule has 0 aromatic heterocycles. The first-order valence-corrected chi connectivity index (χ1v) is 7.68. The third kappa shape index (κ3) is 3.03. The molecule has 3 N–H and O–H groups in total. The third-order valence-electron chi connectivity index (χ3n) is 4.38. The lowest BCUT2D eigenvalue weighted by Gasteiger charge is -2.35. The second-order valence-corrected chi connectivity index (χ2v) is 5.80. The molecule has 1 amide bonds. The molecule has 120 valence electrons. The quantitative estimate of drug-likeness (QED) is 0.855. The second-order valence-electron chi connectivity index (χ2n) is 5.80. The third-order valence-corrected chi connectivity index (χ3v) is 4.38. The Morgan fingerprint density at radius 1 is 1.27 bits per heavy atom. The molecule has 2 aliphatic heterocycles. The highest BCUT2D eigenvalue weighted by molar-refractivity contribution is 5.83. The highest BCUT2D eigenvalue weighted by atomic mass is 16.6. The van der Waals surface area contributed by atoms with E-state index < -0.39 is 5.41 Å². The predicted octanol–water partition coefficient (Wildman–Crippen LogP) is 0.698. The molecule has 6 nitrogen and oxygen atoms in total. The van der Waals surface area contributed by atoms with Crippen LogP contribution in [0.25, 0.3) is 0 Å². The Morgan fingerprint density at radius 2 is 2.00 bits per heavy atom. The summed E-state index contributed by atoms with van der Waals surface area (Å²) in [6, 6.07) is 7.54. The van der Waals surface area contributed by atoms with Crippen LogP contribution < -0.4 is 20.5 Å². The van der Waals surface area contributed by atoms with Crippen molar-refractivity contribution < 1.29 is 19.0 Å². The van der Waals surface area contributed by atoms with Crippen molar-refractivity contribution in [1.82, 2.24) is 5.32 Å². The van der Waals surface area contributed by atoms with Gasteiger partial charge in [0.25, 0.3) is 0 Å². The number of para-hydroxylation sites is 2. The largest absolute Gasteiger partial charge is 0.486 e. The maximum Gasteiger partial charge on any atom is 0.227 e. The summed E-state index contributed by atoms with van der Waals surface area (Å²) >= 11 is 0. The first-order chi connectivity index (χ1) is 10.7. The Hall–Kier alpha value is -1.79. The number of amides is 1. The van der Waals surface area contributed by atoms with Gasteiger partial charge >= 0.3 is 0 Å². The molecule has 1 aromatic rings. The smallest absolute Gasteiger partial charge is 0.227 e. The SMILES string of the molecule is NCC1(C(=O)NCC2COc3ccccc3O2)CCOCC1. The van der Waals surface area contributed by atoms with Crippen LogP contribution in [-0.4, -0.2) is 44.9 Å². The fraction of sp³-hybridized carbons (Fsp3) is 0.562. The number of ether oxygens (including phenoxy) is 3. The van der Waals surface area contributed by atoms with Crippen LogP contribution in [0, 0.1) is 5.41 Å². The minimum absolute atomic E-state index is 0.0132. The molecule has 1 aromatic carbocycles. The van der Waals surface area contributed by atoms with Crippen molar-refractivity contribution in [2.24, 2.45) is 11.1 Å².